The fraction of sp³-hybridized carbons (Fsp3) is 0.900. The third-order valence-corrected chi connectivity index (χ3v) is 3.09. The first-order chi connectivity index (χ1) is 6.27. The first kappa shape index (κ1) is 10.9. The van der Waals surface area contributed by atoms with E-state index in [9.17, 15) is 4.79 Å². The molecular formula is C10H19NOS. The predicted octanol–water partition coefficient (Wildman–Crippen LogP) is 1.95. The molecule has 0 aromatic carbocycles. The Morgan fingerprint density at radius 3 is 2.54 bits per heavy atom. The van der Waals surface area contributed by atoms with Crippen LogP contribution in [-0.2, 0) is 4.79 Å². The van der Waals surface area contributed by atoms with Crippen molar-refractivity contribution >= 4 is 18.5 Å². The minimum Gasteiger partial charge on any atom is -0.343 e. The van der Waals surface area contributed by atoms with Crippen LogP contribution in [0.3, 0.4) is 0 Å². The van der Waals surface area contributed by atoms with Gasteiger partial charge in [0, 0.05) is 19.5 Å². The van der Waals surface area contributed by atoms with Crippen molar-refractivity contribution in [2.45, 2.75) is 32.6 Å². The summed E-state index contributed by atoms with van der Waals surface area (Å²) in [5, 5.41) is 0. The molecule has 13 heavy (non-hydrogen) atoms. The zero-order chi connectivity index (χ0) is 9.68. The zero-order valence-electron chi connectivity index (χ0n) is 8.33. The highest BCUT2D eigenvalue weighted by atomic mass is 32.1. The second-order valence-electron chi connectivity index (χ2n) is 3.71. The van der Waals surface area contributed by atoms with Crippen LogP contribution in [0, 0.1) is 5.92 Å². The Balaban J connectivity index is 2.28. The molecule has 1 amide bonds. The van der Waals surface area contributed by atoms with E-state index >= 15 is 0 Å². The van der Waals surface area contributed by atoms with E-state index < -0.39 is 0 Å². The summed E-state index contributed by atoms with van der Waals surface area (Å²) < 4.78 is 0. The largest absolute Gasteiger partial charge is 0.343 e. The quantitative estimate of drug-likeness (QED) is 0.692. The van der Waals surface area contributed by atoms with Crippen molar-refractivity contribution in [3.8, 4) is 0 Å². The lowest BCUT2D eigenvalue weighted by molar-refractivity contribution is -0.132. The fourth-order valence-corrected chi connectivity index (χ4v) is 2.04. The van der Waals surface area contributed by atoms with Gasteiger partial charge in [-0.2, -0.15) is 12.6 Å². The van der Waals surface area contributed by atoms with Crippen molar-refractivity contribution in [2.24, 2.45) is 5.92 Å². The lowest BCUT2D eigenvalue weighted by Crippen LogP contribution is -2.38. The Labute approximate surface area is 86.1 Å². The maximum Gasteiger partial charge on any atom is 0.223 e. The molecule has 0 unspecified atom stereocenters. The molecule has 2 nitrogen and oxygen atoms in total. The number of likely N-dealkylation sites (tertiary alicyclic amines) is 1. The Morgan fingerprint density at radius 2 is 2.08 bits per heavy atom. The molecule has 1 saturated heterocycles. The molecule has 1 heterocycles. The Bertz CT molecular complexity index is 164. The van der Waals surface area contributed by atoms with E-state index in [1.807, 2.05) is 4.90 Å². The summed E-state index contributed by atoms with van der Waals surface area (Å²) in [6.45, 7) is 4.16. The van der Waals surface area contributed by atoms with Crippen LogP contribution in [-0.4, -0.2) is 29.6 Å². The van der Waals surface area contributed by atoms with Gasteiger partial charge in [0.25, 0.3) is 0 Å². The van der Waals surface area contributed by atoms with Crippen molar-refractivity contribution < 1.29 is 4.79 Å². The average molecular weight is 201 g/mol. The molecule has 0 aromatic heterocycles. The van der Waals surface area contributed by atoms with Gasteiger partial charge in [0.1, 0.15) is 0 Å². The van der Waals surface area contributed by atoms with E-state index in [0.29, 0.717) is 12.2 Å². The van der Waals surface area contributed by atoms with Crippen molar-refractivity contribution in [1.29, 1.82) is 0 Å². The molecule has 1 aliphatic heterocycles. The Morgan fingerprint density at radius 1 is 1.46 bits per heavy atom. The average Bonchev–Trinajstić information content (AvgIpc) is 2.18. The van der Waals surface area contributed by atoms with Crippen LogP contribution in [0.2, 0.25) is 0 Å². The number of nitrogens with zero attached hydrogens (tertiary/aromatic N) is 1. The first-order valence-corrected chi connectivity index (χ1v) is 5.79. The molecule has 3 heteroatoms. The van der Waals surface area contributed by atoms with Gasteiger partial charge in [-0.05, 0) is 24.5 Å². The van der Waals surface area contributed by atoms with Gasteiger partial charge in [-0.15, -0.1) is 0 Å². The minimum atomic E-state index is 0.282. The smallest absolute Gasteiger partial charge is 0.223 e. The SMILES string of the molecule is CCC1CCN(C(=O)CCS)CC1. The molecule has 0 bridgehead atoms. The lowest BCUT2D eigenvalue weighted by atomic mass is 9.94. The Hall–Kier alpha value is -0.180. The molecule has 0 radical (unpaired) electrons. The predicted molar refractivity (Wildman–Crippen MR) is 58.1 cm³/mol. The maximum atomic E-state index is 11.5. The van der Waals surface area contributed by atoms with Gasteiger partial charge in [-0.1, -0.05) is 13.3 Å². The highest BCUT2D eigenvalue weighted by Crippen LogP contribution is 2.20. The molecule has 0 aliphatic carbocycles. The minimum absolute atomic E-state index is 0.282. The highest BCUT2D eigenvalue weighted by molar-refractivity contribution is 7.80. The molecule has 0 N–H and O–H groups in total. The molecule has 0 aromatic rings. The van der Waals surface area contributed by atoms with Crippen molar-refractivity contribution in [3.05, 3.63) is 0 Å². The zero-order valence-corrected chi connectivity index (χ0v) is 9.22. The lowest BCUT2D eigenvalue weighted by Gasteiger charge is -2.31. The van der Waals surface area contributed by atoms with Crippen LogP contribution < -0.4 is 0 Å². The summed E-state index contributed by atoms with van der Waals surface area (Å²) in [4.78, 5) is 13.5. The second-order valence-corrected chi connectivity index (χ2v) is 4.15. The summed E-state index contributed by atoms with van der Waals surface area (Å²) >= 11 is 4.07. The topological polar surface area (TPSA) is 20.3 Å². The van der Waals surface area contributed by atoms with E-state index in [2.05, 4.69) is 19.6 Å². The first-order valence-electron chi connectivity index (χ1n) is 5.16. The molecule has 0 spiro atoms. The molecule has 1 rings (SSSR count). The van der Waals surface area contributed by atoms with Crippen LogP contribution in [0.15, 0.2) is 0 Å². The number of amides is 1. The summed E-state index contributed by atoms with van der Waals surface area (Å²) in [5.74, 6) is 1.80. The normalized spacial score (nSPS) is 19.1. The number of rotatable bonds is 3. The second kappa shape index (κ2) is 5.53. The van der Waals surface area contributed by atoms with Crippen molar-refractivity contribution in [3.63, 3.8) is 0 Å². The molecule has 0 atom stereocenters. The van der Waals surface area contributed by atoms with Crippen molar-refractivity contribution in [2.75, 3.05) is 18.8 Å². The molecule has 1 aliphatic rings. The van der Waals surface area contributed by atoms with Gasteiger partial charge in [-0.3, -0.25) is 4.79 Å². The van der Waals surface area contributed by atoms with Crippen LogP contribution in [0.25, 0.3) is 0 Å². The van der Waals surface area contributed by atoms with Gasteiger partial charge >= 0.3 is 0 Å². The number of thiol groups is 1. The van der Waals surface area contributed by atoms with Gasteiger partial charge in [0.2, 0.25) is 5.91 Å². The number of carbonyl (C=O) groups excluding carboxylic acids is 1. The van der Waals surface area contributed by atoms with Gasteiger partial charge in [0.15, 0.2) is 0 Å². The van der Waals surface area contributed by atoms with E-state index in [4.69, 9.17) is 0 Å². The highest BCUT2D eigenvalue weighted by Gasteiger charge is 2.20. The molecule has 76 valence electrons. The molecular weight excluding hydrogens is 182 g/mol. The standard InChI is InChI=1S/C10H19NOS/c1-2-9-3-6-11(7-4-9)10(12)5-8-13/h9,13H,2-8H2,1H3. The summed E-state index contributed by atoms with van der Waals surface area (Å²) in [6, 6.07) is 0. The third-order valence-electron chi connectivity index (χ3n) is 2.87. The van der Waals surface area contributed by atoms with Gasteiger partial charge < -0.3 is 4.90 Å². The van der Waals surface area contributed by atoms with E-state index in [0.717, 1.165) is 19.0 Å². The van der Waals surface area contributed by atoms with Gasteiger partial charge in [-0.25, -0.2) is 0 Å². The number of hydrogen-bond acceptors (Lipinski definition) is 2. The van der Waals surface area contributed by atoms with E-state index in [1.54, 1.807) is 0 Å². The Kier molecular flexibility index (Phi) is 4.64. The number of piperidine rings is 1. The molecule has 0 saturated carbocycles. The van der Waals surface area contributed by atoms with Crippen LogP contribution >= 0.6 is 12.6 Å². The summed E-state index contributed by atoms with van der Waals surface area (Å²) in [6.07, 6.45) is 4.23. The van der Waals surface area contributed by atoms with E-state index in [1.165, 1.54) is 19.3 Å². The summed E-state index contributed by atoms with van der Waals surface area (Å²) in [7, 11) is 0. The van der Waals surface area contributed by atoms with Crippen LogP contribution in [0.1, 0.15) is 32.6 Å². The van der Waals surface area contributed by atoms with Crippen molar-refractivity contribution in [1.82, 2.24) is 4.90 Å². The fourth-order valence-electron chi connectivity index (χ4n) is 1.84. The van der Waals surface area contributed by atoms with Crippen LogP contribution in [0.5, 0.6) is 0 Å². The van der Waals surface area contributed by atoms with E-state index in [-0.39, 0.29) is 5.91 Å². The summed E-state index contributed by atoms with van der Waals surface area (Å²) in [5.41, 5.74) is 0. The van der Waals surface area contributed by atoms with Crippen LogP contribution in [0.4, 0.5) is 0 Å². The number of hydrogen-bond donors (Lipinski definition) is 1. The number of carbonyl (C=O) groups is 1. The molecule has 1 fully saturated rings. The third kappa shape index (κ3) is 3.22. The monoisotopic (exact) mass is 201 g/mol. The maximum absolute atomic E-state index is 11.5. The van der Waals surface area contributed by atoms with Gasteiger partial charge in [0.05, 0.1) is 0 Å².